The van der Waals surface area contributed by atoms with Crippen molar-refractivity contribution >= 4 is 5.91 Å². The minimum absolute atomic E-state index is 0.131. The smallest absolute Gasteiger partial charge is 0.354 e. The number of carbonyl (C=O) groups excluding carboxylic acids is 1. The van der Waals surface area contributed by atoms with E-state index in [-0.39, 0.29) is 37.4 Å². The van der Waals surface area contributed by atoms with Crippen LogP contribution in [0.15, 0.2) is 6.07 Å². The average Bonchev–Trinajstić information content (AvgIpc) is 3.36. The van der Waals surface area contributed by atoms with Crippen molar-refractivity contribution in [2.75, 3.05) is 6.54 Å². The lowest BCUT2D eigenvalue weighted by Crippen LogP contribution is -2.37. The van der Waals surface area contributed by atoms with Crippen LogP contribution in [-0.4, -0.2) is 32.0 Å². The maximum absolute atomic E-state index is 13.3. The van der Waals surface area contributed by atoms with Gasteiger partial charge in [-0.15, -0.1) is 0 Å². The summed E-state index contributed by atoms with van der Waals surface area (Å²) in [6.45, 7) is 5.22. The molecule has 2 aromatic heterocycles. The summed E-state index contributed by atoms with van der Waals surface area (Å²) in [4.78, 5) is 12.8. The highest BCUT2D eigenvalue weighted by molar-refractivity contribution is 5.80. The standard InChI is InChI=1S/C20H25F6N5O/c1-4-14(31-15-7-5-6-13(15)17(29-31)20(24,25)26)18(32)27-9-11(2)10-30-12(3)8-16(28-30)19(21,22)23/h8,11,14H,4-7,9-10H2,1-3H3,(H,27,32)/t11-,14+/m1/s1. The maximum atomic E-state index is 13.3. The van der Waals surface area contributed by atoms with Crippen molar-refractivity contribution in [1.82, 2.24) is 24.9 Å². The summed E-state index contributed by atoms with van der Waals surface area (Å²) in [6, 6.07) is 0.0583. The SMILES string of the molecule is CC[C@@H](C(=O)NC[C@@H](C)Cn1nc(C(F)(F)F)cc1C)n1nc(C(F)(F)F)c2c1CCC2. The van der Waals surface area contributed by atoms with E-state index in [4.69, 9.17) is 0 Å². The number of alkyl halides is 6. The van der Waals surface area contributed by atoms with E-state index in [1.54, 1.807) is 13.8 Å². The number of hydrogen-bond donors (Lipinski definition) is 1. The van der Waals surface area contributed by atoms with Gasteiger partial charge in [0.1, 0.15) is 6.04 Å². The molecule has 0 unspecified atom stereocenters. The Hall–Kier alpha value is -2.53. The molecule has 1 amide bonds. The van der Waals surface area contributed by atoms with Gasteiger partial charge in [0.2, 0.25) is 5.91 Å². The quantitative estimate of drug-likeness (QED) is 0.620. The number of aryl methyl sites for hydroxylation is 1. The van der Waals surface area contributed by atoms with Crippen LogP contribution in [0.2, 0.25) is 0 Å². The first-order chi connectivity index (χ1) is 14.8. The van der Waals surface area contributed by atoms with Gasteiger partial charge in [0.15, 0.2) is 11.4 Å². The predicted octanol–water partition coefficient (Wildman–Crippen LogP) is 4.32. The van der Waals surface area contributed by atoms with Crippen molar-refractivity contribution in [1.29, 1.82) is 0 Å². The van der Waals surface area contributed by atoms with Crippen LogP contribution in [-0.2, 0) is 36.5 Å². The molecule has 0 bridgehead atoms. The second-order valence-corrected chi connectivity index (χ2v) is 8.19. The molecule has 0 saturated carbocycles. The van der Waals surface area contributed by atoms with Gasteiger partial charge in [-0.05, 0) is 44.6 Å². The molecule has 2 atom stereocenters. The molecule has 0 spiro atoms. The molecule has 1 aliphatic rings. The normalized spacial score (nSPS) is 16.2. The van der Waals surface area contributed by atoms with Crippen LogP contribution in [0.5, 0.6) is 0 Å². The number of aromatic nitrogens is 4. The highest BCUT2D eigenvalue weighted by atomic mass is 19.4. The molecule has 0 radical (unpaired) electrons. The Morgan fingerprint density at radius 1 is 1.16 bits per heavy atom. The number of rotatable bonds is 7. The molecule has 0 fully saturated rings. The van der Waals surface area contributed by atoms with Crippen molar-refractivity contribution in [3.63, 3.8) is 0 Å². The van der Waals surface area contributed by atoms with E-state index < -0.39 is 35.7 Å². The average molecular weight is 465 g/mol. The zero-order valence-corrected chi connectivity index (χ0v) is 17.9. The summed E-state index contributed by atoms with van der Waals surface area (Å²) in [5.41, 5.74) is -0.968. The maximum Gasteiger partial charge on any atom is 0.435 e. The molecule has 0 saturated heterocycles. The minimum Gasteiger partial charge on any atom is -0.354 e. The van der Waals surface area contributed by atoms with Crippen LogP contribution >= 0.6 is 0 Å². The van der Waals surface area contributed by atoms with Crippen LogP contribution in [0.4, 0.5) is 26.3 Å². The summed E-state index contributed by atoms with van der Waals surface area (Å²) in [7, 11) is 0. The van der Waals surface area contributed by atoms with Gasteiger partial charge in [0.05, 0.1) is 0 Å². The Morgan fingerprint density at radius 3 is 2.41 bits per heavy atom. The van der Waals surface area contributed by atoms with Gasteiger partial charge < -0.3 is 5.32 Å². The van der Waals surface area contributed by atoms with Crippen molar-refractivity contribution < 1.29 is 31.1 Å². The van der Waals surface area contributed by atoms with E-state index in [1.165, 1.54) is 16.3 Å². The van der Waals surface area contributed by atoms with E-state index in [0.29, 0.717) is 24.2 Å². The number of fused-ring (bicyclic) bond motifs is 1. The van der Waals surface area contributed by atoms with E-state index in [9.17, 15) is 31.1 Å². The van der Waals surface area contributed by atoms with Crippen molar-refractivity contribution in [3.8, 4) is 0 Å². The van der Waals surface area contributed by atoms with Gasteiger partial charge in [0.25, 0.3) is 0 Å². The van der Waals surface area contributed by atoms with Gasteiger partial charge in [-0.2, -0.15) is 36.5 Å². The molecular weight excluding hydrogens is 440 g/mol. The summed E-state index contributed by atoms with van der Waals surface area (Å²) in [5, 5.41) is 10.0. The molecule has 2 heterocycles. The van der Waals surface area contributed by atoms with Crippen molar-refractivity contribution in [2.24, 2.45) is 5.92 Å². The first-order valence-corrected chi connectivity index (χ1v) is 10.4. The van der Waals surface area contributed by atoms with Crippen LogP contribution < -0.4 is 5.32 Å². The number of amides is 1. The van der Waals surface area contributed by atoms with Gasteiger partial charge in [-0.3, -0.25) is 14.2 Å². The molecule has 32 heavy (non-hydrogen) atoms. The lowest BCUT2D eigenvalue weighted by atomic mass is 10.1. The fourth-order valence-corrected chi connectivity index (χ4v) is 4.01. The monoisotopic (exact) mass is 465 g/mol. The first-order valence-electron chi connectivity index (χ1n) is 10.4. The van der Waals surface area contributed by atoms with Gasteiger partial charge in [-0.25, -0.2) is 0 Å². The van der Waals surface area contributed by atoms with Gasteiger partial charge >= 0.3 is 12.4 Å². The lowest BCUT2D eigenvalue weighted by Gasteiger charge is -2.20. The van der Waals surface area contributed by atoms with Crippen LogP contribution in [0.1, 0.15) is 61.1 Å². The van der Waals surface area contributed by atoms with Crippen molar-refractivity contribution in [3.05, 3.63) is 34.4 Å². The first kappa shape index (κ1) is 24.1. The van der Waals surface area contributed by atoms with Crippen LogP contribution in [0, 0.1) is 12.8 Å². The topological polar surface area (TPSA) is 64.7 Å². The molecule has 1 N–H and O–H groups in total. The largest absolute Gasteiger partial charge is 0.435 e. The summed E-state index contributed by atoms with van der Waals surface area (Å²) in [5.74, 6) is -0.733. The van der Waals surface area contributed by atoms with Gasteiger partial charge in [-0.1, -0.05) is 13.8 Å². The zero-order valence-electron chi connectivity index (χ0n) is 17.9. The second kappa shape index (κ2) is 8.78. The Morgan fingerprint density at radius 2 is 1.84 bits per heavy atom. The van der Waals surface area contributed by atoms with Crippen LogP contribution in [0.3, 0.4) is 0 Å². The zero-order chi connectivity index (χ0) is 23.8. The molecule has 6 nitrogen and oxygen atoms in total. The Labute approximate surface area is 181 Å². The van der Waals surface area contributed by atoms with Crippen LogP contribution in [0.25, 0.3) is 0 Å². The fourth-order valence-electron chi connectivity index (χ4n) is 4.01. The lowest BCUT2D eigenvalue weighted by molar-refractivity contribution is -0.143. The van der Waals surface area contributed by atoms with E-state index in [0.717, 1.165) is 6.07 Å². The molecule has 0 aliphatic heterocycles. The number of nitrogens with one attached hydrogen (secondary N) is 1. The molecule has 178 valence electrons. The molecule has 0 aromatic carbocycles. The minimum atomic E-state index is -4.58. The molecule has 3 rings (SSSR count). The Balaban J connectivity index is 1.67. The summed E-state index contributed by atoms with van der Waals surface area (Å²) >= 11 is 0. The van der Waals surface area contributed by atoms with E-state index >= 15 is 0 Å². The highest BCUT2D eigenvalue weighted by Crippen LogP contribution is 2.38. The number of hydrogen-bond acceptors (Lipinski definition) is 3. The van der Waals surface area contributed by atoms with Crippen molar-refractivity contribution in [2.45, 2.75) is 71.4 Å². The molecular formula is C20H25F6N5O. The Bertz CT molecular complexity index is 975. The Kier molecular flexibility index (Phi) is 6.62. The summed E-state index contributed by atoms with van der Waals surface area (Å²) < 4.78 is 80.9. The fraction of sp³-hybridized carbons (Fsp3) is 0.650. The summed E-state index contributed by atoms with van der Waals surface area (Å²) in [6.07, 6.45) is -7.59. The molecule has 12 heteroatoms. The number of halogens is 6. The third-order valence-electron chi connectivity index (χ3n) is 5.59. The van der Waals surface area contributed by atoms with E-state index in [2.05, 4.69) is 15.5 Å². The number of nitrogens with zero attached hydrogens (tertiary/aromatic N) is 4. The third kappa shape index (κ3) is 4.93. The predicted molar refractivity (Wildman–Crippen MR) is 103 cm³/mol. The van der Waals surface area contributed by atoms with E-state index in [1.807, 2.05) is 0 Å². The van der Waals surface area contributed by atoms with Gasteiger partial charge in [0, 0.05) is 30.0 Å². The number of carbonyl (C=O) groups is 1. The molecule has 1 aliphatic carbocycles. The highest BCUT2D eigenvalue weighted by Gasteiger charge is 2.41. The second-order valence-electron chi connectivity index (χ2n) is 8.19. The third-order valence-corrected chi connectivity index (χ3v) is 5.59. The molecule has 2 aromatic rings.